The van der Waals surface area contributed by atoms with Crippen LogP contribution < -0.4 is 5.32 Å². The third kappa shape index (κ3) is 4.57. The van der Waals surface area contributed by atoms with Gasteiger partial charge >= 0.3 is 6.03 Å². The van der Waals surface area contributed by atoms with Crippen LogP contribution in [0.15, 0.2) is 0 Å². The molecule has 3 aliphatic heterocycles. The molecule has 3 saturated heterocycles. The first-order chi connectivity index (χ1) is 10.8. The zero-order valence-electron chi connectivity index (χ0n) is 13.5. The van der Waals surface area contributed by atoms with E-state index in [-0.39, 0.29) is 6.03 Å². The Morgan fingerprint density at radius 1 is 1.00 bits per heavy atom. The number of nitrogens with one attached hydrogen (secondary N) is 1. The molecule has 2 atom stereocenters. The molecule has 6 heteroatoms. The fourth-order valence-electron chi connectivity index (χ4n) is 3.53. The highest BCUT2D eigenvalue weighted by atomic mass is 16.5. The number of carbonyl (C=O) groups is 1. The maximum absolute atomic E-state index is 12.2. The monoisotopic (exact) mass is 311 g/mol. The van der Waals surface area contributed by atoms with E-state index < -0.39 is 0 Å². The predicted molar refractivity (Wildman–Crippen MR) is 83.9 cm³/mol. The van der Waals surface area contributed by atoms with Gasteiger partial charge in [0.1, 0.15) is 0 Å². The quantitative estimate of drug-likeness (QED) is 0.815. The number of piperazine rings is 1. The molecular weight excluding hydrogens is 282 g/mol. The molecule has 0 aromatic carbocycles. The average Bonchev–Trinajstić information content (AvgIpc) is 3.21. The molecule has 0 aromatic rings. The molecule has 2 amide bonds. The molecular formula is C16H29N3O3. The van der Waals surface area contributed by atoms with Crippen LogP contribution in [0.5, 0.6) is 0 Å². The number of ether oxygens (including phenoxy) is 2. The number of hydrogen-bond acceptors (Lipinski definition) is 4. The van der Waals surface area contributed by atoms with Crippen molar-refractivity contribution >= 4 is 6.03 Å². The van der Waals surface area contributed by atoms with E-state index in [4.69, 9.17) is 9.47 Å². The van der Waals surface area contributed by atoms with Crippen molar-refractivity contribution in [3.63, 3.8) is 0 Å². The van der Waals surface area contributed by atoms with Gasteiger partial charge in [-0.2, -0.15) is 0 Å². The van der Waals surface area contributed by atoms with Crippen molar-refractivity contribution < 1.29 is 14.3 Å². The standard InChI is InChI=1S/C16H29N3O3/c20-16(17-4-1-14-2-9-21-12-14)19-7-5-18(6-8-19)11-15-3-10-22-13-15/h14-15H,1-13H2,(H,17,20). The molecule has 3 heterocycles. The van der Waals surface area contributed by atoms with Crippen LogP contribution in [-0.4, -0.2) is 81.5 Å². The Balaban J connectivity index is 1.29. The van der Waals surface area contributed by atoms with Gasteiger partial charge in [0.25, 0.3) is 0 Å². The van der Waals surface area contributed by atoms with E-state index in [1.54, 1.807) is 0 Å². The van der Waals surface area contributed by atoms with E-state index in [1.807, 2.05) is 4.90 Å². The number of rotatable bonds is 5. The van der Waals surface area contributed by atoms with Crippen LogP contribution in [0.1, 0.15) is 19.3 Å². The van der Waals surface area contributed by atoms with Crippen LogP contribution in [0.4, 0.5) is 4.79 Å². The SMILES string of the molecule is O=C(NCCC1CCOC1)N1CCN(CC2CCOC2)CC1. The summed E-state index contributed by atoms with van der Waals surface area (Å²) in [5.41, 5.74) is 0. The van der Waals surface area contributed by atoms with Crippen molar-refractivity contribution in [2.75, 3.05) is 65.7 Å². The summed E-state index contributed by atoms with van der Waals surface area (Å²) in [4.78, 5) is 16.6. The van der Waals surface area contributed by atoms with Gasteiger partial charge in [-0.3, -0.25) is 4.90 Å². The number of nitrogens with zero attached hydrogens (tertiary/aromatic N) is 2. The van der Waals surface area contributed by atoms with Gasteiger partial charge in [-0.1, -0.05) is 0 Å². The second-order valence-electron chi connectivity index (χ2n) is 6.77. The Labute approximate surface area is 133 Å². The Hall–Kier alpha value is -0.850. The van der Waals surface area contributed by atoms with Crippen LogP contribution in [-0.2, 0) is 9.47 Å². The molecule has 0 bridgehead atoms. The zero-order chi connectivity index (χ0) is 15.2. The van der Waals surface area contributed by atoms with E-state index in [1.165, 1.54) is 6.42 Å². The van der Waals surface area contributed by atoms with Crippen LogP contribution in [0.2, 0.25) is 0 Å². The topological polar surface area (TPSA) is 54.0 Å². The molecule has 3 aliphatic rings. The lowest BCUT2D eigenvalue weighted by molar-refractivity contribution is 0.119. The Kier molecular flexibility index (Phi) is 5.92. The van der Waals surface area contributed by atoms with Gasteiger partial charge in [-0.25, -0.2) is 4.79 Å². The number of carbonyl (C=O) groups excluding carboxylic acids is 1. The lowest BCUT2D eigenvalue weighted by atomic mass is 10.1. The van der Waals surface area contributed by atoms with Gasteiger partial charge in [-0.15, -0.1) is 0 Å². The number of amides is 2. The number of urea groups is 1. The van der Waals surface area contributed by atoms with E-state index in [2.05, 4.69) is 10.2 Å². The van der Waals surface area contributed by atoms with Crippen molar-refractivity contribution in [2.24, 2.45) is 11.8 Å². The Morgan fingerprint density at radius 2 is 1.68 bits per heavy atom. The van der Waals surface area contributed by atoms with Crippen molar-refractivity contribution in [3.8, 4) is 0 Å². The molecule has 0 aromatic heterocycles. The Bertz CT molecular complexity index is 347. The fourth-order valence-corrected chi connectivity index (χ4v) is 3.53. The van der Waals surface area contributed by atoms with Gasteiger partial charge in [0, 0.05) is 59.1 Å². The molecule has 0 radical (unpaired) electrons. The zero-order valence-corrected chi connectivity index (χ0v) is 13.5. The lowest BCUT2D eigenvalue weighted by Crippen LogP contribution is -2.52. The normalized spacial score (nSPS) is 29.9. The third-order valence-corrected chi connectivity index (χ3v) is 5.05. The molecule has 1 N–H and O–H groups in total. The van der Waals surface area contributed by atoms with Crippen molar-refractivity contribution in [2.45, 2.75) is 19.3 Å². The van der Waals surface area contributed by atoms with Crippen molar-refractivity contribution in [1.29, 1.82) is 0 Å². The number of hydrogen-bond donors (Lipinski definition) is 1. The highest BCUT2D eigenvalue weighted by Gasteiger charge is 2.24. The molecule has 6 nitrogen and oxygen atoms in total. The minimum Gasteiger partial charge on any atom is -0.381 e. The highest BCUT2D eigenvalue weighted by molar-refractivity contribution is 5.74. The Morgan fingerprint density at radius 3 is 2.32 bits per heavy atom. The first-order valence-corrected chi connectivity index (χ1v) is 8.72. The van der Waals surface area contributed by atoms with Gasteiger partial charge in [0.05, 0.1) is 6.61 Å². The molecule has 126 valence electrons. The van der Waals surface area contributed by atoms with E-state index in [9.17, 15) is 4.79 Å². The van der Waals surface area contributed by atoms with Gasteiger partial charge in [0.15, 0.2) is 0 Å². The summed E-state index contributed by atoms with van der Waals surface area (Å²) in [6.07, 6.45) is 3.36. The summed E-state index contributed by atoms with van der Waals surface area (Å²) in [7, 11) is 0. The smallest absolute Gasteiger partial charge is 0.317 e. The van der Waals surface area contributed by atoms with E-state index >= 15 is 0 Å². The summed E-state index contributed by atoms with van der Waals surface area (Å²) in [6.45, 7) is 9.11. The maximum atomic E-state index is 12.2. The molecule has 0 saturated carbocycles. The maximum Gasteiger partial charge on any atom is 0.317 e. The first kappa shape index (κ1) is 16.0. The molecule has 0 spiro atoms. The fraction of sp³-hybridized carbons (Fsp3) is 0.938. The van der Waals surface area contributed by atoms with E-state index in [0.29, 0.717) is 11.8 Å². The third-order valence-electron chi connectivity index (χ3n) is 5.05. The summed E-state index contributed by atoms with van der Waals surface area (Å²) >= 11 is 0. The van der Waals surface area contributed by atoms with Gasteiger partial charge in [0.2, 0.25) is 0 Å². The summed E-state index contributed by atoms with van der Waals surface area (Å²) < 4.78 is 10.8. The van der Waals surface area contributed by atoms with Crippen LogP contribution in [0, 0.1) is 11.8 Å². The molecule has 0 aliphatic carbocycles. The average molecular weight is 311 g/mol. The molecule has 3 fully saturated rings. The predicted octanol–water partition coefficient (Wildman–Crippen LogP) is 0.777. The van der Waals surface area contributed by atoms with Crippen LogP contribution in [0.25, 0.3) is 0 Å². The van der Waals surface area contributed by atoms with Crippen LogP contribution >= 0.6 is 0 Å². The van der Waals surface area contributed by atoms with Crippen LogP contribution in [0.3, 0.4) is 0 Å². The summed E-state index contributed by atoms with van der Waals surface area (Å²) in [6, 6.07) is 0.0998. The molecule has 3 rings (SSSR count). The summed E-state index contributed by atoms with van der Waals surface area (Å²) in [5, 5.41) is 3.06. The second kappa shape index (κ2) is 8.13. The van der Waals surface area contributed by atoms with Crippen molar-refractivity contribution in [1.82, 2.24) is 15.1 Å². The summed E-state index contributed by atoms with van der Waals surface area (Å²) in [5.74, 6) is 1.32. The highest BCUT2D eigenvalue weighted by Crippen LogP contribution is 2.16. The molecule has 2 unspecified atom stereocenters. The minimum atomic E-state index is 0.0998. The van der Waals surface area contributed by atoms with E-state index in [0.717, 1.165) is 78.5 Å². The van der Waals surface area contributed by atoms with Gasteiger partial charge < -0.3 is 19.7 Å². The largest absolute Gasteiger partial charge is 0.381 e. The second-order valence-corrected chi connectivity index (χ2v) is 6.77. The minimum absolute atomic E-state index is 0.0998. The van der Waals surface area contributed by atoms with Gasteiger partial charge in [-0.05, 0) is 31.1 Å². The molecule has 22 heavy (non-hydrogen) atoms. The lowest BCUT2D eigenvalue weighted by Gasteiger charge is -2.35. The van der Waals surface area contributed by atoms with Crippen molar-refractivity contribution in [3.05, 3.63) is 0 Å². The first-order valence-electron chi connectivity index (χ1n) is 8.72.